The molecule has 2 N–H and O–H groups in total. The molecule has 2 unspecified atom stereocenters. The molecular formula is C19H18Cl2F2N2O5S. The number of alkyl halides is 2. The van der Waals surface area contributed by atoms with Crippen molar-refractivity contribution < 1.29 is 31.5 Å². The van der Waals surface area contributed by atoms with Crippen LogP contribution in [0.1, 0.15) is 11.7 Å². The summed E-state index contributed by atoms with van der Waals surface area (Å²) in [7, 11) is -4.26. The minimum atomic E-state index is -4.26. The van der Waals surface area contributed by atoms with E-state index in [9.17, 15) is 22.0 Å². The van der Waals surface area contributed by atoms with E-state index in [1.807, 2.05) is 4.72 Å². The molecule has 31 heavy (non-hydrogen) atoms. The summed E-state index contributed by atoms with van der Waals surface area (Å²) in [6.07, 6.45) is -0.762. The van der Waals surface area contributed by atoms with Crippen LogP contribution >= 0.6 is 23.2 Å². The van der Waals surface area contributed by atoms with Gasteiger partial charge in [0.25, 0.3) is 10.0 Å². The molecular weight excluding hydrogens is 477 g/mol. The van der Waals surface area contributed by atoms with Crippen molar-refractivity contribution in [2.24, 2.45) is 5.92 Å². The third kappa shape index (κ3) is 6.05. The Balaban J connectivity index is 1.80. The van der Waals surface area contributed by atoms with Crippen molar-refractivity contribution in [3.8, 4) is 5.75 Å². The molecule has 168 valence electrons. The Hall–Kier alpha value is -1.98. The van der Waals surface area contributed by atoms with Crippen molar-refractivity contribution in [3.63, 3.8) is 0 Å². The van der Waals surface area contributed by atoms with E-state index in [0.29, 0.717) is 23.7 Å². The van der Waals surface area contributed by atoms with Crippen LogP contribution in [0.25, 0.3) is 0 Å². The molecule has 0 aliphatic carbocycles. The fraction of sp³-hybridized carbons (Fsp3) is 0.316. The zero-order valence-corrected chi connectivity index (χ0v) is 18.2. The number of nitrogens with one attached hydrogen (secondary N) is 2. The normalized spacial score (nSPS) is 19.6. The van der Waals surface area contributed by atoms with Gasteiger partial charge >= 0.3 is 6.61 Å². The molecule has 7 nitrogen and oxygen atoms in total. The smallest absolute Gasteiger partial charge is 0.387 e. The molecule has 0 saturated carbocycles. The topological polar surface area (TPSA) is 93.7 Å². The van der Waals surface area contributed by atoms with Gasteiger partial charge in [-0.2, -0.15) is 8.78 Å². The summed E-state index contributed by atoms with van der Waals surface area (Å²) in [6, 6.07) is 9.05. The standard InChI is InChI=1S/C19H18Cl2F2N2O5S/c20-15-6-1-11(9-16(15)21)17-14(10-24-7-8-29-17)18(26)25-31(27,28)13-4-2-12(3-5-13)30-19(22)23/h1-6,9,14,17,19,24H,7-8,10H2,(H,25,26). The highest BCUT2D eigenvalue weighted by Crippen LogP contribution is 2.32. The second-order valence-electron chi connectivity index (χ2n) is 6.60. The number of sulfonamides is 1. The van der Waals surface area contributed by atoms with Gasteiger partial charge in [-0.15, -0.1) is 0 Å². The molecule has 1 aliphatic heterocycles. The summed E-state index contributed by atoms with van der Waals surface area (Å²) in [5.74, 6) is -1.89. The average molecular weight is 495 g/mol. The fourth-order valence-corrected chi connectivity index (χ4v) is 4.39. The van der Waals surface area contributed by atoms with E-state index in [1.165, 1.54) is 0 Å². The molecule has 0 bridgehead atoms. The number of halogens is 4. The van der Waals surface area contributed by atoms with Crippen LogP contribution in [0.3, 0.4) is 0 Å². The lowest BCUT2D eigenvalue weighted by atomic mass is 9.95. The molecule has 1 aliphatic rings. The zero-order valence-electron chi connectivity index (χ0n) is 15.9. The SMILES string of the molecule is O=C(NS(=O)(=O)c1ccc(OC(F)F)cc1)C1CNCCOC1c1ccc(Cl)c(Cl)c1. The molecule has 0 aromatic heterocycles. The minimum absolute atomic E-state index is 0.160. The van der Waals surface area contributed by atoms with Crippen LogP contribution in [0.15, 0.2) is 47.4 Å². The monoisotopic (exact) mass is 494 g/mol. The largest absolute Gasteiger partial charge is 0.435 e. The highest BCUT2D eigenvalue weighted by atomic mass is 35.5. The maximum Gasteiger partial charge on any atom is 0.387 e. The summed E-state index contributed by atoms with van der Waals surface area (Å²) >= 11 is 12.0. The zero-order chi connectivity index (χ0) is 22.6. The highest BCUT2D eigenvalue weighted by molar-refractivity contribution is 7.90. The lowest BCUT2D eigenvalue weighted by molar-refractivity contribution is -0.127. The Morgan fingerprint density at radius 3 is 2.52 bits per heavy atom. The summed E-state index contributed by atoms with van der Waals surface area (Å²) in [5.41, 5.74) is 0.573. The van der Waals surface area contributed by atoms with Gasteiger partial charge in [-0.05, 0) is 42.0 Å². The van der Waals surface area contributed by atoms with E-state index in [2.05, 4.69) is 10.1 Å². The molecule has 0 spiro atoms. The van der Waals surface area contributed by atoms with Crippen LogP contribution < -0.4 is 14.8 Å². The Morgan fingerprint density at radius 2 is 1.87 bits per heavy atom. The second kappa shape index (κ2) is 10.1. The van der Waals surface area contributed by atoms with Crippen molar-refractivity contribution in [1.82, 2.24) is 10.0 Å². The summed E-state index contributed by atoms with van der Waals surface area (Å²) in [6.45, 7) is -2.11. The number of hydrogen-bond donors (Lipinski definition) is 2. The Morgan fingerprint density at radius 1 is 1.16 bits per heavy atom. The van der Waals surface area contributed by atoms with Crippen LogP contribution in [-0.4, -0.2) is 40.6 Å². The number of ether oxygens (including phenoxy) is 2. The van der Waals surface area contributed by atoms with Crippen molar-refractivity contribution in [1.29, 1.82) is 0 Å². The van der Waals surface area contributed by atoms with Crippen molar-refractivity contribution in [3.05, 3.63) is 58.1 Å². The predicted octanol–water partition coefficient (Wildman–Crippen LogP) is 3.38. The van der Waals surface area contributed by atoms with Gasteiger partial charge in [0.05, 0.1) is 33.6 Å². The quantitative estimate of drug-likeness (QED) is 0.639. The molecule has 12 heteroatoms. The van der Waals surface area contributed by atoms with E-state index >= 15 is 0 Å². The molecule has 1 saturated heterocycles. The van der Waals surface area contributed by atoms with E-state index < -0.39 is 34.6 Å². The number of benzene rings is 2. The number of rotatable bonds is 6. The van der Waals surface area contributed by atoms with Gasteiger partial charge in [-0.1, -0.05) is 29.3 Å². The van der Waals surface area contributed by atoms with Gasteiger partial charge in [0.15, 0.2) is 0 Å². The van der Waals surface area contributed by atoms with Gasteiger partial charge in [0, 0.05) is 13.1 Å². The summed E-state index contributed by atoms with van der Waals surface area (Å²) in [4.78, 5) is 12.6. The van der Waals surface area contributed by atoms with E-state index in [4.69, 9.17) is 27.9 Å². The first-order valence-corrected chi connectivity index (χ1v) is 11.3. The summed E-state index contributed by atoms with van der Waals surface area (Å²) in [5, 5.41) is 3.64. The van der Waals surface area contributed by atoms with Crippen LogP contribution in [0, 0.1) is 5.92 Å². The third-order valence-corrected chi connectivity index (χ3v) is 6.61. The van der Waals surface area contributed by atoms with Crippen molar-refractivity contribution in [2.75, 3.05) is 19.7 Å². The Bertz CT molecular complexity index is 1040. The van der Waals surface area contributed by atoms with E-state index in [0.717, 1.165) is 24.3 Å². The third-order valence-electron chi connectivity index (χ3n) is 4.51. The molecule has 2 aromatic rings. The molecule has 2 aromatic carbocycles. The summed E-state index contributed by atoms with van der Waals surface area (Å²) < 4.78 is 61.8. The Kier molecular flexibility index (Phi) is 7.71. The Labute approximate surface area is 187 Å². The van der Waals surface area contributed by atoms with E-state index in [-0.39, 0.29) is 22.2 Å². The molecule has 2 atom stereocenters. The number of hydrogen-bond acceptors (Lipinski definition) is 6. The van der Waals surface area contributed by atoms with Gasteiger partial charge < -0.3 is 14.8 Å². The van der Waals surface area contributed by atoms with Crippen LogP contribution in [0.5, 0.6) is 5.75 Å². The van der Waals surface area contributed by atoms with Gasteiger partial charge in [0.1, 0.15) is 5.75 Å². The fourth-order valence-electron chi connectivity index (χ4n) is 3.05. The van der Waals surface area contributed by atoms with Crippen LogP contribution in [0.4, 0.5) is 8.78 Å². The second-order valence-corrected chi connectivity index (χ2v) is 9.09. The van der Waals surface area contributed by atoms with Gasteiger partial charge in [-0.25, -0.2) is 13.1 Å². The molecule has 3 rings (SSSR count). The van der Waals surface area contributed by atoms with Gasteiger partial charge in [0.2, 0.25) is 5.91 Å². The molecule has 1 amide bonds. The molecule has 1 fully saturated rings. The van der Waals surface area contributed by atoms with Crippen LogP contribution in [-0.2, 0) is 19.6 Å². The molecule has 0 radical (unpaired) electrons. The molecule has 1 heterocycles. The van der Waals surface area contributed by atoms with Gasteiger partial charge in [-0.3, -0.25) is 4.79 Å². The lowest BCUT2D eigenvalue weighted by Crippen LogP contribution is -2.41. The maximum absolute atomic E-state index is 12.9. The average Bonchev–Trinajstić information content (AvgIpc) is 2.96. The van der Waals surface area contributed by atoms with Crippen molar-refractivity contribution >= 4 is 39.1 Å². The predicted molar refractivity (Wildman–Crippen MR) is 110 cm³/mol. The van der Waals surface area contributed by atoms with E-state index in [1.54, 1.807) is 18.2 Å². The minimum Gasteiger partial charge on any atom is -0.435 e. The lowest BCUT2D eigenvalue weighted by Gasteiger charge is -2.24. The number of carbonyl (C=O) groups excluding carboxylic acids is 1. The first kappa shape index (κ1) is 23.7. The van der Waals surface area contributed by atoms with Crippen molar-refractivity contribution in [2.45, 2.75) is 17.6 Å². The van der Waals surface area contributed by atoms with Crippen LogP contribution in [0.2, 0.25) is 10.0 Å². The first-order valence-electron chi connectivity index (χ1n) is 9.06. The highest BCUT2D eigenvalue weighted by Gasteiger charge is 2.34. The number of carbonyl (C=O) groups is 1. The first-order chi connectivity index (χ1) is 14.7. The number of amides is 1. The maximum atomic E-state index is 12.9.